The summed E-state index contributed by atoms with van der Waals surface area (Å²) < 4.78 is 0. The molecule has 27 heavy (non-hydrogen) atoms. The van der Waals surface area contributed by atoms with Crippen LogP contribution in [0.3, 0.4) is 0 Å². The third-order valence-corrected chi connectivity index (χ3v) is 4.85. The molecule has 1 aromatic carbocycles. The predicted molar refractivity (Wildman–Crippen MR) is 104 cm³/mol. The predicted octanol–water partition coefficient (Wildman–Crippen LogP) is 1.57. The minimum Gasteiger partial charge on any atom is -0.479 e. The van der Waals surface area contributed by atoms with E-state index >= 15 is 0 Å². The van der Waals surface area contributed by atoms with Crippen molar-refractivity contribution >= 4 is 30.2 Å². The molecular formula is C19H28ClN3O4. The van der Waals surface area contributed by atoms with Gasteiger partial charge in [-0.2, -0.15) is 0 Å². The SMILES string of the molecule is CC(C)[C@H](N)C(=O)N1CCC(C(=O)N[C@H](C(=O)O)c2ccccc2)CC1.Cl. The molecule has 0 aromatic heterocycles. The number of piperidine rings is 1. The maximum atomic E-state index is 12.5. The second kappa shape index (κ2) is 10.3. The van der Waals surface area contributed by atoms with E-state index in [4.69, 9.17) is 5.73 Å². The molecule has 1 fully saturated rings. The molecule has 0 saturated carbocycles. The number of aliphatic carboxylic acids is 1. The molecule has 150 valence electrons. The summed E-state index contributed by atoms with van der Waals surface area (Å²) in [5, 5.41) is 12.0. The van der Waals surface area contributed by atoms with E-state index in [1.165, 1.54) is 0 Å². The molecule has 2 atom stereocenters. The zero-order valence-electron chi connectivity index (χ0n) is 15.6. The fourth-order valence-corrected chi connectivity index (χ4v) is 3.05. The molecule has 1 aromatic rings. The molecule has 0 radical (unpaired) electrons. The Bertz CT molecular complexity index is 646. The van der Waals surface area contributed by atoms with E-state index in [0.29, 0.717) is 31.5 Å². The number of hydrogen-bond acceptors (Lipinski definition) is 4. The van der Waals surface area contributed by atoms with Crippen LogP contribution in [0.4, 0.5) is 0 Å². The molecule has 2 rings (SSSR count). The molecule has 1 heterocycles. The van der Waals surface area contributed by atoms with Gasteiger partial charge in [0.15, 0.2) is 6.04 Å². The zero-order valence-corrected chi connectivity index (χ0v) is 16.4. The molecule has 0 aliphatic carbocycles. The zero-order chi connectivity index (χ0) is 19.3. The van der Waals surface area contributed by atoms with Gasteiger partial charge in [0.1, 0.15) is 0 Å². The van der Waals surface area contributed by atoms with Crippen molar-refractivity contribution < 1.29 is 19.5 Å². The first kappa shape index (κ1) is 22.9. The minimum absolute atomic E-state index is 0. The van der Waals surface area contributed by atoms with Gasteiger partial charge in [-0.3, -0.25) is 9.59 Å². The number of benzene rings is 1. The van der Waals surface area contributed by atoms with Crippen LogP contribution < -0.4 is 11.1 Å². The summed E-state index contributed by atoms with van der Waals surface area (Å²) >= 11 is 0. The number of halogens is 1. The van der Waals surface area contributed by atoms with E-state index in [1.54, 1.807) is 35.2 Å². The number of amides is 2. The van der Waals surface area contributed by atoms with Crippen LogP contribution >= 0.6 is 12.4 Å². The van der Waals surface area contributed by atoms with Gasteiger partial charge in [-0.05, 0) is 24.3 Å². The summed E-state index contributed by atoms with van der Waals surface area (Å²) in [7, 11) is 0. The van der Waals surface area contributed by atoms with E-state index in [-0.39, 0.29) is 36.1 Å². The molecule has 4 N–H and O–H groups in total. The number of likely N-dealkylation sites (tertiary alicyclic amines) is 1. The first-order chi connectivity index (χ1) is 12.3. The highest BCUT2D eigenvalue weighted by atomic mass is 35.5. The Morgan fingerprint density at radius 3 is 2.19 bits per heavy atom. The summed E-state index contributed by atoms with van der Waals surface area (Å²) in [4.78, 5) is 38.0. The number of hydrogen-bond donors (Lipinski definition) is 3. The lowest BCUT2D eigenvalue weighted by molar-refractivity contribution is -0.143. The Morgan fingerprint density at radius 2 is 1.70 bits per heavy atom. The van der Waals surface area contributed by atoms with Crippen LogP contribution in [0.1, 0.15) is 38.3 Å². The molecule has 1 aliphatic heterocycles. The van der Waals surface area contributed by atoms with Gasteiger partial charge in [-0.15, -0.1) is 12.4 Å². The molecule has 2 amide bonds. The number of nitrogens with one attached hydrogen (secondary N) is 1. The Balaban J connectivity index is 0.00000364. The summed E-state index contributed by atoms with van der Waals surface area (Å²) in [5.74, 6) is -1.72. The minimum atomic E-state index is -1.10. The average Bonchev–Trinajstić information content (AvgIpc) is 2.65. The molecule has 0 unspecified atom stereocenters. The number of carbonyl (C=O) groups excluding carboxylic acids is 2. The first-order valence-electron chi connectivity index (χ1n) is 8.93. The summed E-state index contributed by atoms with van der Waals surface area (Å²) in [5.41, 5.74) is 6.44. The summed E-state index contributed by atoms with van der Waals surface area (Å²) in [6.45, 7) is 4.72. The van der Waals surface area contributed by atoms with Gasteiger partial charge in [-0.1, -0.05) is 44.2 Å². The number of rotatable bonds is 6. The normalized spacial score (nSPS) is 17.0. The van der Waals surface area contributed by atoms with Crippen molar-refractivity contribution in [1.29, 1.82) is 0 Å². The highest BCUT2D eigenvalue weighted by Crippen LogP contribution is 2.21. The number of nitrogens with two attached hydrogens (primary N) is 1. The number of nitrogens with zero attached hydrogens (tertiary/aromatic N) is 1. The van der Waals surface area contributed by atoms with Crippen LogP contribution in [-0.4, -0.2) is 46.9 Å². The number of carboxylic acids is 1. The summed E-state index contributed by atoms with van der Waals surface area (Å²) in [6, 6.07) is 7.01. The quantitative estimate of drug-likeness (QED) is 0.674. The van der Waals surface area contributed by atoms with Gasteiger partial charge in [0.05, 0.1) is 6.04 Å². The largest absolute Gasteiger partial charge is 0.479 e. The Morgan fingerprint density at radius 1 is 1.15 bits per heavy atom. The molecule has 0 bridgehead atoms. The van der Waals surface area contributed by atoms with Gasteiger partial charge in [0.2, 0.25) is 11.8 Å². The van der Waals surface area contributed by atoms with E-state index in [1.807, 2.05) is 13.8 Å². The topological polar surface area (TPSA) is 113 Å². The third-order valence-electron chi connectivity index (χ3n) is 4.85. The molecule has 7 nitrogen and oxygen atoms in total. The Kier molecular flexibility index (Phi) is 8.72. The smallest absolute Gasteiger partial charge is 0.330 e. The standard InChI is InChI=1S/C19H27N3O4.ClH/c1-12(2)15(20)18(24)22-10-8-14(9-11-22)17(23)21-16(19(25)26)13-6-4-3-5-7-13;/h3-7,12,14-16H,8-11,20H2,1-2H3,(H,21,23)(H,25,26);1H/t15-,16-;/m0./s1. The van der Waals surface area contributed by atoms with Gasteiger partial charge < -0.3 is 21.1 Å². The van der Waals surface area contributed by atoms with Crippen molar-refractivity contribution in [3.63, 3.8) is 0 Å². The van der Waals surface area contributed by atoms with E-state index < -0.39 is 18.1 Å². The lowest BCUT2D eigenvalue weighted by Crippen LogP contribution is -2.50. The van der Waals surface area contributed by atoms with Crippen LogP contribution in [0, 0.1) is 11.8 Å². The number of carbonyl (C=O) groups is 3. The fourth-order valence-electron chi connectivity index (χ4n) is 3.05. The lowest BCUT2D eigenvalue weighted by Gasteiger charge is -2.34. The summed E-state index contributed by atoms with van der Waals surface area (Å²) in [6.07, 6.45) is 1.01. The van der Waals surface area contributed by atoms with Crippen molar-refractivity contribution in [1.82, 2.24) is 10.2 Å². The van der Waals surface area contributed by atoms with Crippen LogP contribution in [0.25, 0.3) is 0 Å². The molecule has 0 spiro atoms. The van der Waals surface area contributed by atoms with Crippen LogP contribution in [0.2, 0.25) is 0 Å². The lowest BCUT2D eigenvalue weighted by atomic mass is 9.93. The average molecular weight is 398 g/mol. The van der Waals surface area contributed by atoms with Gasteiger partial charge >= 0.3 is 5.97 Å². The monoisotopic (exact) mass is 397 g/mol. The van der Waals surface area contributed by atoms with Crippen molar-refractivity contribution in [2.24, 2.45) is 17.6 Å². The van der Waals surface area contributed by atoms with Gasteiger partial charge in [0.25, 0.3) is 0 Å². The van der Waals surface area contributed by atoms with Crippen LogP contribution in [-0.2, 0) is 14.4 Å². The Hall–Kier alpha value is -2.12. The molecule has 1 aliphatic rings. The van der Waals surface area contributed by atoms with Crippen molar-refractivity contribution in [2.45, 2.75) is 38.8 Å². The first-order valence-corrected chi connectivity index (χ1v) is 8.93. The second-order valence-electron chi connectivity index (χ2n) is 7.06. The number of carboxylic acid groups (broad SMARTS) is 1. The molecule has 8 heteroatoms. The van der Waals surface area contributed by atoms with Crippen molar-refractivity contribution in [3.05, 3.63) is 35.9 Å². The maximum Gasteiger partial charge on any atom is 0.330 e. The molecular weight excluding hydrogens is 370 g/mol. The van der Waals surface area contributed by atoms with Gasteiger partial charge in [-0.25, -0.2) is 4.79 Å². The van der Waals surface area contributed by atoms with Crippen molar-refractivity contribution in [3.8, 4) is 0 Å². The van der Waals surface area contributed by atoms with Crippen LogP contribution in [0.15, 0.2) is 30.3 Å². The van der Waals surface area contributed by atoms with E-state index in [2.05, 4.69) is 5.32 Å². The highest BCUT2D eigenvalue weighted by molar-refractivity contribution is 5.86. The Labute approximate surface area is 165 Å². The fraction of sp³-hybridized carbons (Fsp3) is 0.526. The highest BCUT2D eigenvalue weighted by Gasteiger charge is 2.32. The second-order valence-corrected chi connectivity index (χ2v) is 7.06. The van der Waals surface area contributed by atoms with Crippen molar-refractivity contribution in [2.75, 3.05) is 13.1 Å². The molecule has 1 saturated heterocycles. The van der Waals surface area contributed by atoms with E-state index in [9.17, 15) is 19.5 Å². The van der Waals surface area contributed by atoms with Gasteiger partial charge in [0, 0.05) is 19.0 Å². The maximum absolute atomic E-state index is 12.5. The van der Waals surface area contributed by atoms with Crippen LogP contribution in [0.5, 0.6) is 0 Å². The third kappa shape index (κ3) is 5.94. The van der Waals surface area contributed by atoms with E-state index in [0.717, 1.165) is 0 Å².